The standard InChI is InChI=1S/C13H14ClN3O2/c14-10-4-2-1-3-8(10)5-12-16-13(19-17-12)11-6-9(18)7-15-11/h1-4,9,11,15,18H,5-7H2/t9-,11-/m0/s1. The Morgan fingerprint density at radius 1 is 1.42 bits per heavy atom. The molecule has 2 atom stereocenters. The van der Waals surface area contributed by atoms with Crippen molar-refractivity contribution in [2.75, 3.05) is 6.54 Å². The first-order chi connectivity index (χ1) is 9.22. The molecule has 0 bridgehead atoms. The smallest absolute Gasteiger partial charge is 0.243 e. The molecule has 0 radical (unpaired) electrons. The van der Waals surface area contributed by atoms with Gasteiger partial charge in [-0.1, -0.05) is 35.0 Å². The summed E-state index contributed by atoms with van der Waals surface area (Å²) in [5.41, 5.74) is 0.968. The van der Waals surface area contributed by atoms with Crippen LogP contribution >= 0.6 is 11.6 Å². The highest BCUT2D eigenvalue weighted by Crippen LogP contribution is 2.23. The van der Waals surface area contributed by atoms with Gasteiger partial charge in [-0.05, 0) is 18.1 Å². The highest BCUT2D eigenvalue weighted by Gasteiger charge is 2.28. The molecule has 2 heterocycles. The lowest BCUT2D eigenvalue weighted by atomic mass is 10.1. The average Bonchev–Trinajstić information content (AvgIpc) is 3.01. The zero-order chi connectivity index (χ0) is 13.2. The maximum atomic E-state index is 9.47. The summed E-state index contributed by atoms with van der Waals surface area (Å²) < 4.78 is 5.23. The number of aromatic nitrogens is 2. The summed E-state index contributed by atoms with van der Waals surface area (Å²) in [6.45, 7) is 0.562. The second-order valence-corrected chi connectivity index (χ2v) is 5.07. The third-order valence-electron chi connectivity index (χ3n) is 3.20. The van der Waals surface area contributed by atoms with E-state index in [4.69, 9.17) is 16.1 Å². The molecule has 19 heavy (non-hydrogen) atoms. The maximum absolute atomic E-state index is 9.47. The molecule has 1 aliphatic heterocycles. The van der Waals surface area contributed by atoms with Crippen molar-refractivity contribution in [3.05, 3.63) is 46.6 Å². The summed E-state index contributed by atoms with van der Waals surface area (Å²) in [4.78, 5) is 4.35. The van der Waals surface area contributed by atoms with Gasteiger partial charge in [0.05, 0.1) is 12.1 Å². The molecular formula is C13H14ClN3O2. The van der Waals surface area contributed by atoms with Gasteiger partial charge in [-0.25, -0.2) is 0 Å². The van der Waals surface area contributed by atoms with Crippen molar-refractivity contribution in [3.63, 3.8) is 0 Å². The van der Waals surface area contributed by atoms with Crippen molar-refractivity contribution in [1.82, 2.24) is 15.5 Å². The zero-order valence-corrected chi connectivity index (χ0v) is 11.0. The van der Waals surface area contributed by atoms with Gasteiger partial charge in [0.1, 0.15) is 0 Å². The molecule has 100 valence electrons. The van der Waals surface area contributed by atoms with E-state index in [-0.39, 0.29) is 12.1 Å². The average molecular weight is 280 g/mol. The minimum absolute atomic E-state index is 0.0532. The van der Waals surface area contributed by atoms with Crippen LogP contribution in [0.15, 0.2) is 28.8 Å². The molecular weight excluding hydrogens is 266 g/mol. The van der Waals surface area contributed by atoms with Gasteiger partial charge in [0.15, 0.2) is 5.82 Å². The number of benzene rings is 1. The first-order valence-corrected chi connectivity index (χ1v) is 6.57. The van der Waals surface area contributed by atoms with Crippen LogP contribution < -0.4 is 5.32 Å². The number of nitrogens with zero attached hydrogens (tertiary/aromatic N) is 2. The van der Waals surface area contributed by atoms with Gasteiger partial charge in [0.25, 0.3) is 0 Å². The Bertz CT molecular complexity index is 573. The minimum atomic E-state index is -0.344. The van der Waals surface area contributed by atoms with Crippen molar-refractivity contribution in [1.29, 1.82) is 0 Å². The van der Waals surface area contributed by atoms with E-state index in [0.29, 0.717) is 36.1 Å². The molecule has 1 aliphatic rings. The highest BCUT2D eigenvalue weighted by molar-refractivity contribution is 6.31. The quantitative estimate of drug-likeness (QED) is 0.895. The van der Waals surface area contributed by atoms with Gasteiger partial charge in [0.2, 0.25) is 5.89 Å². The monoisotopic (exact) mass is 279 g/mol. The van der Waals surface area contributed by atoms with Crippen LogP contribution in [0.25, 0.3) is 0 Å². The van der Waals surface area contributed by atoms with Gasteiger partial charge in [-0.2, -0.15) is 4.98 Å². The molecule has 0 amide bonds. The number of aliphatic hydroxyl groups is 1. The first kappa shape index (κ1) is 12.6. The van der Waals surface area contributed by atoms with Gasteiger partial charge in [-0.3, -0.25) is 0 Å². The van der Waals surface area contributed by atoms with Crippen LogP contribution in [0, 0.1) is 0 Å². The summed E-state index contributed by atoms with van der Waals surface area (Å²) in [5.74, 6) is 1.13. The lowest BCUT2D eigenvalue weighted by molar-refractivity contribution is 0.191. The first-order valence-electron chi connectivity index (χ1n) is 6.19. The summed E-state index contributed by atoms with van der Waals surface area (Å²) in [6.07, 6.45) is 0.801. The van der Waals surface area contributed by atoms with E-state index in [2.05, 4.69) is 15.5 Å². The van der Waals surface area contributed by atoms with Gasteiger partial charge in [-0.15, -0.1) is 0 Å². The van der Waals surface area contributed by atoms with E-state index in [1.165, 1.54) is 0 Å². The number of halogens is 1. The summed E-state index contributed by atoms with van der Waals surface area (Å²) in [6, 6.07) is 7.54. The summed E-state index contributed by atoms with van der Waals surface area (Å²) in [7, 11) is 0. The molecule has 0 spiro atoms. The molecule has 2 N–H and O–H groups in total. The van der Waals surface area contributed by atoms with Gasteiger partial charge >= 0.3 is 0 Å². The third kappa shape index (κ3) is 2.78. The zero-order valence-electron chi connectivity index (χ0n) is 10.2. The van der Waals surface area contributed by atoms with E-state index in [1.807, 2.05) is 24.3 Å². The van der Waals surface area contributed by atoms with Crippen LogP contribution in [0.1, 0.15) is 29.7 Å². The Morgan fingerprint density at radius 3 is 3.00 bits per heavy atom. The van der Waals surface area contributed by atoms with E-state index < -0.39 is 0 Å². The van der Waals surface area contributed by atoms with Crippen LogP contribution in [0.4, 0.5) is 0 Å². The van der Waals surface area contributed by atoms with Crippen LogP contribution in [-0.4, -0.2) is 27.9 Å². The predicted molar refractivity (Wildman–Crippen MR) is 69.9 cm³/mol. The molecule has 5 nitrogen and oxygen atoms in total. The summed E-state index contributed by atoms with van der Waals surface area (Å²) >= 11 is 6.10. The fourth-order valence-electron chi connectivity index (χ4n) is 2.20. The lowest BCUT2D eigenvalue weighted by Crippen LogP contribution is -2.15. The fraction of sp³-hybridized carbons (Fsp3) is 0.385. The van der Waals surface area contributed by atoms with E-state index in [1.54, 1.807) is 0 Å². The molecule has 1 aromatic heterocycles. The van der Waals surface area contributed by atoms with E-state index >= 15 is 0 Å². The lowest BCUT2D eigenvalue weighted by Gasteiger charge is -2.01. The minimum Gasteiger partial charge on any atom is -0.392 e. The second kappa shape index (κ2) is 5.28. The molecule has 1 aromatic carbocycles. The number of nitrogens with one attached hydrogen (secondary N) is 1. The number of hydrogen-bond donors (Lipinski definition) is 2. The Balaban J connectivity index is 1.73. The van der Waals surface area contributed by atoms with Crippen molar-refractivity contribution in [2.24, 2.45) is 0 Å². The van der Waals surface area contributed by atoms with Crippen molar-refractivity contribution in [3.8, 4) is 0 Å². The molecule has 6 heteroatoms. The van der Waals surface area contributed by atoms with E-state index in [0.717, 1.165) is 5.56 Å². The largest absolute Gasteiger partial charge is 0.392 e. The van der Waals surface area contributed by atoms with Gasteiger partial charge in [0, 0.05) is 18.0 Å². The van der Waals surface area contributed by atoms with Crippen molar-refractivity contribution >= 4 is 11.6 Å². The third-order valence-corrected chi connectivity index (χ3v) is 3.56. The molecule has 3 rings (SSSR count). The van der Waals surface area contributed by atoms with Crippen molar-refractivity contribution < 1.29 is 9.63 Å². The van der Waals surface area contributed by atoms with Gasteiger partial charge < -0.3 is 14.9 Å². The topological polar surface area (TPSA) is 71.2 Å². The van der Waals surface area contributed by atoms with Crippen LogP contribution in [0.3, 0.4) is 0 Å². The Labute approximate surface area is 115 Å². The molecule has 2 aromatic rings. The molecule has 1 fully saturated rings. The van der Waals surface area contributed by atoms with Crippen LogP contribution in [0.5, 0.6) is 0 Å². The Morgan fingerprint density at radius 2 is 2.26 bits per heavy atom. The van der Waals surface area contributed by atoms with E-state index in [9.17, 15) is 5.11 Å². The summed E-state index contributed by atoms with van der Waals surface area (Å²) in [5, 5.41) is 17.3. The van der Waals surface area contributed by atoms with Crippen LogP contribution in [0.2, 0.25) is 5.02 Å². The number of hydrogen-bond acceptors (Lipinski definition) is 5. The molecule has 1 saturated heterocycles. The van der Waals surface area contributed by atoms with Crippen LogP contribution in [-0.2, 0) is 6.42 Å². The number of aliphatic hydroxyl groups excluding tert-OH is 1. The maximum Gasteiger partial charge on any atom is 0.243 e. The SMILES string of the molecule is O[C@@H]1CN[C@H](c2nc(Cc3ccccc3Cl)no2)C1. The predicted octanol–water partition coefficient (Wildman–Crippen LogP) is 1.71. The second-order valence-electron chi connectivity index (χ2n) is 4.67. The Kier molecular flexibility index (Phi) is 3.50. The fourth-order valence-corrected chi connectivity index (χ4v) is 2.40. The molecule has 0 aliphatic carbocycles. The molecule has 0 saturated carbocycles. The van der Waals surface area contributed by atoms with Crippen molar-refractivity contribution in [2.45, 2.75) is 25.0 Å². The normalized spacial score (nSPS) is 22.8. The highest BCUT2D eigenvalue weighted by atomic mass is 35.5. The molecule has 0 unspecified atom stereocenters. The Hall–Kier alpha value is -1.43. The number of rotatable bonds is 3. The number of β-amino-alcohol motifs (C(OH)–C–C–N with tert-alkyl or cyclic N) is 1.